The number of nitrogens with zero attached hydrogens (tertiary/aromatic N) is 2. The van der Waals surface area contributed by atoms with E-state index in [1.54, 1.807) is 29.3 Å². The van der Waals surface area contributed by atoms with E-state index in [9.17, 15) is 4.79 Å². The fourth-order valence-electron chi connectivity index (χ4n) is 2.46. The van der Waals surface area contributed by atoms with Gasteiger partial charge in [-0.25, -0.2) is 9.97 Å². The van der Waals surface area contributed by atoms with Gasteiger partial charge in [0.1, 0.15) is 4.34 Å². The van der Waals surface area contributed by atoms with E-state index < -0.39 is 0 Å². The third-order valence-electron chi connectivity index (χ3n) is 3.91. The highest BCUT2D eigenvalue weighted by Crippen LogP contribution is 2.26. The highest BCUT2D eigenvalue weighted by atomic mass is 32.2. The summed E-state index contributed by atoms with van der Waals surface area (Å²) in [6.45, 7) is 5.04. The third-order valence-corrected chi connectivity index (χ3v) is 6.12. The molecule has 5 nitrogen and oxygen atoms in total. The highest BCUT2D eigenvalue weighted by molar-refractivity contribution is 8.00. The molecule has 0 saturated carbocycles. The van der Waals surface area contributed by atoms with E-state index in [4.69, 9.17) is 4.74 Å². The Hall–Kier alpha value is -2.38. The van der Waals surface area contributed by atoms with Crippen molar-refractivity contribution >= 4 is 29.0 Å². The van der Waals surface area contributed by atoms with Crippen molar-refractivity contribution in [3.8, 4) is 5.88 Å². The number of ether oxygens (including phenoxy) is 1. The summed E-state index contributed by atoms with van der Waals surface area (Å²) in [6.07, 6.45) is 2.61. The van der Waals surface area contributed by atoms with Gasteiger partial charge < -0.3 is 10.1 Å². The fourth-order valence-corrected chi connectivity index (χ4v) is 4.27. The zero-order chi connectivity index (χ0) is 19.8. The minimum absolute atomic E-state index is 0.111. The number of benzene rings is 1. The number of aromatic nitrogens is 2. The standard InChI is InChI=1S/C21H23N3O2S2/c1-3-11-26-20-18(5-4-10-22-20)12-23-19(25)17-8-6-16(7-9-17)14-28-21-24-15(2)13-27-21/h4-10,13H,3,11-12,14H2,1-2H3,(H,23,25). The Balaban J connectivity index is 1.53. The van der Waals surface area contributed by atoms with Gasteiger partial charge in [-0.2, -0.15) is 0 Å². The third kappa shape index (κ3) is 5.81. The molecule has 0 saturated heterocycles. The van der Waals surface area contributed by atoms with E-state index in [1.807, 2.05) is 50.2 Å². The molecule has 1 N–H and O–H groups in total. The minimum Gasteiger partial charge on any atom is -0.477 e. The number of rotatable bonds is 9. The van der Waals surface area contributed by atoms with Crippen molar-refractivity contribution in [2.75, 3.05) is 6.61 Å². The first-order valence-electron chi connectivity index (χ1n) is 9.14. The summed E-state index contributed by atoms with van der Waals surface area (Å²) in [7, 11) is 0. The Morgan fingerprint density at radius 3 is 2.79 bits per heavy atom. The van der Waals surface area contributed by atoms with Crippen molar-refractivity contribution in [2.24, 2.45) is 0 Å². The van der Waals surface area contributed by atoms with Crippen molar-refractivity contribution in [1.82, 2.24) is 15.3 Å². The monoisotopic (exact) mass is 413 g/mol. The molecule has 3 aromatic rings. The number of thiazole rings is 1. The number of hydrogen-bond acceptors (Lipinski definition) is 6. The smallest absolute Gasteiger partial charge is 0.251 e. The Morgan fingerprint density at radius 1 is 1.25 bits per heavy atom. The van der Waals surface area contributed by atoms with E-state index in [1.165, 1.54) is 0 Å². The Morgan fingerprint density at radius 2 is 2.07 bits per heavy atom. The second kappa shape index (κ2) is 10.2. The van der Waals surface area contributed by atoms with Gasteiger partial charge in [0.05, 0.1) is 6.61 Å². The lowest BCUT2D eigenvalue weighted by Crippen LogP contribution is -2.23. The minimum atomic E-state index is -0.111. The van der Waals surface area contributed by atoms with Crippen LogP contribution in [0.25, 0.3) is 0 Å². The molecule has 0 aliphatic rings. The van der Waals surface area contributed by atoms with Gasteiger partial charge in [-0.15, -0.1) is 11.3 Å². The molecule has 0 spiro atoms. The lowest BCUT2D eigenvalue weighted by molar-refractivity contribution is 0.0950. The summed E-state index contributed by atoms with van der Waals surface area (Å²) in [5.74, 6) is 1.30. The molecule has 0 aliphatic heterocycles. The molecule has 7 heteroatoms. The van der Waals surface area contributed by atoms with Crippen LogP contribution in [0, 0.1) is 6.92 Å². The Bertz CT molecular complexity index is 910. The van der Waals surface area contributed by atoms with Crippen LogP contribution in [0.15, 0.2) is 52.3 Å². The number of carbonyl (C=O) groups is 1. The first-order valence-corrected chi connectivity index (χ1v) is 11.0. The Labute approximate surface area is 173 Å². The van der Waals surface area contributed by atoms with Crippen molar-refractivity contribution in [1.29, 1.82) is 0 Å². The molecule has 2 heterocycles. The fraction of sp³-hybridized carbons (Fsp3) is 0.286. The van der Waals surface area contributed by atoms with Crippen LogP contribution in [0.5, 0.6) is 5.88 Å². The maximum atomic E-state index is 12.5. The van der Waals surface area contributed by atoms with Crippen LogP contribution in [0.1, 0.15) is 40.5 Å². The zero-order valence-corrected chi connectivity index (χ0v) is 17.6. The summed E-state index contributed by atoms with van der Waals surface area (Å²) in [5, 5.41) is 4.99. The molecule has 0 unspecified atom stereocenters. The van der Waals surface area contributed by atoms with E-state index in [-0.39, 0.29) is 5.91 Å². The SMILES string of the molecule is CCCOc1ncccc1CNC(=O)c1ccc(CSc2nc(C)cs2)cc1. The molecule has 1 aromatic carbocycles. The predicted molar refractivity (Wildman–Crippen MR) is 114 cm³/mol. The second-order valence-electron chi connectivity index (χ2n) is 6.24. The maximum absolute atomic E-state index is 12.5. The van der Waals surface area contributed by atoms with Crippen LogP contribution in [0.2, 0.25) is 0 Å². The zero-order valence-electron chi connectivity index (χ0n) is 16.0. The Kier molecular flexibility index (Phi) is 7.45. The van der Waals surface area contributed by atoms with Crippen molar-refractivity contribution in [2.45, 2.75) is 36.9 Å². The average molecular weight is 414 g/mol. The number of amides is 1. The van der Waals surface area contributed by atoms with E-state index >= 15 is 0 Å². The van der Waals surface area contributed by atoms with Crippen molar-refractivity contribution in [3.63, 3.8) is 0 Å². The van der Waals surface area contributed by atoms with Gasteiger partial charge >= 0.3 is 0 Å². The molecule has 0 atom stereocenters. The van der Waals surface area contributed by atoms with Gasteiger partial charge in [0, 0.05) is 40.7 Å². The van der Waals surface area contributed by atoms with Gasteiger partial charge in [0.2, 0.25) is 5.88 Å². The summed E-state index contributed by atoms with van der Waals surface area (Å²) in [4.78, 5) is 21.1. The molecule has 2 aromatic heterocycles. The molecule has 0 fully saturated rings. The lowest BCUT2D eigenvalue weighted by Gasteiger charge is -2.10. The molecular weight excluding hydrogens is 390 g/mol. The maximum Gasteiger partial charge on any atom is 0.251 e. The second-order valence-corrected chi connectivity index (χ2v) is 8.32. The number of thioether (sulfide) groups is 1. The van der Waals surface area contributed by atoms with Crippen LogP contribution in [-0.2, 0) is 12.3 Å². The molecule has 0 bridgehead atoms. The van der Waals surface area contributed by atoms with Crippen LogP contribution in [0.3, 0.4) is 0 Å². The topological polar surface area (TPSA) is 64.1 Å². The molecular formula is C21H23N3O2S2. The van der Waals surface area contributed by atoms with Crippen molar-refractivity contribution in [3.05, 3.63) is 70.4 Å². The van der Waals surface area contributed by atoms with Gasteiger partial charge in [-0.3, -0.25) is 4.79 Å². The summed E-state index contributed by atoms with van der Waals surface area (Å²) < 4.78 is 6.70. The van der Waals surface area contributed by atoms with Gasteiger partial charge in [-0.05, 0) is 37.1 Å². The predicted octanol–water partition coefficient (Wildman–Crippen LogP) is 4.86. The van der Waals surface area contributed by atoms with Gasteiger partial charge in [0.15, 0.2) is 0 Å². The number of pyridine rings is 1. The largest absolute Gasteiger partial charge is 0.477 e. The van der Waals surface area contributed by atoms with Gasteiger partial charge in [-0.1, -0.05) is 36.9 Å². The van der Waals surface area contributed by atoms with Crippen LogP contribution >= 0.6 is 23.1 Å². The van der Waals surface area contributed by atoms with Crippen LogP contribution in [-0.4, -0.2) is 22.5 Å². The molecule has 0 aliphatic carbocycles. The van der Waals surface area contributed by atoms with Crippen LogP contribution < -0.4 is 10.1 Å². The normalized spacial score (nSPS) is 10.6. The summed E-state index contributed by atoms with van der Waals surface area (Å²) >= 11 is 3.37. The first-order chi connectivity index (χ1) is 13.7. The number of carbonyl (C=O) groups excluding carboxylic acids is 1. The van der Waals surface area contributed by atoms with Crippen LogP contribution in [0.4, 0.5) is 0 Å². The lowest BCUT2D eigenvalue weighted by atomic mass is 10.1. The summed E-state index contributed by atoms with van der Waals surface area (Å²) in [5.41, 5.74) is 3.73. The van der Waals surface area contributed by atoms with E-state index in [2.05, 4.69) is 20.7 Å². The number of aryl methyl sites for hydroxylation is 1. The van der Waals surface area contributed by atoms with E-state index in [0.29, 0.717) is 24.6 Å². The average Bonchev–Trinajstić information content (AvgIpc) is 3.15. The molecule has 28 heavy (non-hydrogen) atoms. The van der Waals surface area contributed by atoms with Gasteiger partial charge in [0.25, 0.3) is 5.91 Å². The van der Waals surface area contributed by atoms with E-state index in [0.717, 1.165) is 33.3 Å². The molecule has 3 rings (SSSR count). The molecule has 146 valence electrons. The first kappa shape index (κ1) is 20.4. The molecule has 0 radical (unpaired) electrons. The quantitative estimate of drug-likeness (QED) is 0.508. The van der Waals surface area contributed by atoms with Crippen molar-refractivity contribution < 1.29 is 9.53 Å². The molecule has 1 amide bonds. The summed E-state index contributed by atoms with van der Waals surface area (Å²) in [6, 6.07) is 11.5. The number of hydrogen-bond donors (Lipinski definition) is 1. The highest BCUT2D eigenvalue weighted by Gasteiger charge is 2.09. The number of nitrogens with one attached hydrogen (secondary N) is 1.